The van der Waals surface area contributed by atoms with Crippen molar-refractivity contribution in [1.29, 1.82) is 0 Å². The second-order valence-corrected chi connectivity index (χ2v) is 6.07. The van der Waals surface area contributed by atoms with Crippen LogP contribution in [0.5, 0.6) is 0 Å². The average Bonchev–Trinajstić information content (AvgIpc) is 2.19. The molecule has 2 amide bonds. The molecular weight excluding hydrogens is 248 g/mol. The topological polar surface area (TPSA) is 95.5 Å². The second kappa shape index (κ2) is 6.54. The molecule has 0 aromatic heterocycles. The maximum absolute atomic E-state index is 12.1. The van der Waals surface area contributed by atoms with Crippen LogP contribution in [0.15, 0.2) is 0 Å². The van der Waals surface area contributed by atoms with Crippen molar-refractivity contribution in [1.82, 2.24) is 10.6 Å². The van der Waals surface area contributed by atoms with Crippen molar-refractivity contribution in [3.05, 3.63) is 0 Å². The van der Waals surface area contributed by atoms with Gasteiger partial charge in [0.2, 0.25) is 11.8 Å². The summed E-state index contributed by atoms with van der Waals surface area (Å²) >= 11 is 0. The first-order valence-electron chi connectivity index (χ1n) is 6.27. The van der Waals surface area contributed by atoms with Gasteiger partial charge in [0.15, 0.2) is 0 Å². The van der Waals surface area contributed by atoms with Crippen LogP contribution < -0.4 is 10.6 Å². The number of aliphatic carboxylic acids is 1. The second-order valence-electron chi connectivity index (χ2n) is 6.07. The molecule has 2 atom stereocenters. The van der Waals surface area contributed by atoms with E-state index in [1.54, 1.807) is 34.6 Å². The molecular formula is C13H24N2O4. The molecule has 0 bridgehead atoms. The van der Waals surface area contributed by atoms with E-state index in [0.29, 0.717) is 0 Å². The maximum Gasteiger partial charge on any atom is 0.326 e. The fraction of sp³-hybridized carbons (Fsp3) is 0.769. The van der Waals surface area contributed by atoms with Crippen molar-refractivity contribution in [2.45, 2.75) is 53.6 Å². The third-order valence-electron chi connectivity index (χ3n) is 2.71. The van der Waals surface area contributed by atoms with Gasteiger partial charge >= 0.3 is 5.97 Å². The van der Waals surface area contributed by atoms with Crippen molar-refractivity contribution in [3.63, 3.8) is 0 Å². The van der Waals surface area contributed by atoms with Crippen molar-refractivity contribution in [3.8, 4) is 0 Å². The van der Waals surface area contributed by atoms with Crippen LogP contribution in [0, 0.1) is 11.3 Å². The Kier molecular flexibility index (Phi) is 5.99. The Morgan fingerprint density at radius 1 is 1.05 bits per heavy atom. The average molecular weight is 272 g/mol. The number of carboxylic acid groups (broad SMARTS) is 1. The summed E-state index contributed by atoms with van der Waals surface area (Å²) in [5, 5.41) is 14.2. The van der Waals surface area contributed by atoms with Gasteiger partial charge in [-0.15, -0.1) is 0 Å². The van der Waals surface area contributed by atoms with Gasteiger partial charge < -0.3 is 15.7 Å². The molecule has 2 unspecified atom stereocenters. The molecule has 19 heavy (non-hydrogen) atoms. The molecule has 0 aliphatic heterocycles. The number of hydrogen-bond donors (Lipinski definition) is 3. The first-order valence-corrected chi connectivity index (χ1v) is 6.27. The fourth-order valence-electron chi connectivity index (χ4n) is 1.63. The van der Waals surface area contributed by atoms with Gasteiger partial charge in [-0.3, -0.25) is 9.59 Å². The number of hydrogen-bond acceptors (Lipinski definition) is 3. The normalized spacial score (nSPS) is 14.7. The summed E-state index contributed by atoms with van der Waals surface area (Å²) in [6.07, 6.45) is 0. The standard InChI is InChI=1S/C13H24N2O4/c1-7(2)9(14-8(3)16)11(17)15-10(12(18)19)13(4,5)6/h7,9-10H,1-6H3,(H,14,16)(H,15,17)(H,18,19). The minimum Gasteiger partial charge on any atom is -0.480 e. The number of carboxylic acids is 1. The molecule has 0 aromatic rings. The SMILES string of the molecule is CC(=O)NC(C(=O)NC(C(=O)O)C(C)(C)C)C(C)C. The predicted molar refractivity (Wildman–Crippen MR) is 71.5 cm³/mol. The predicted octanol–water partition coefficient (Wildman–Crippen LogP) is 0.763. The molecule has 6 nitrogen and oxygen atoms in total. The highest BCUT2D eigenvalue weighted by Gasteiger charge is 2.35. The molecule has 0 fully saturated rings. The molecule has 0 aliphatic carbocycles. The van der Waals surface area contributed by atoms with Crippen LogP contribution in [0.2, 0.25) is 0 Å². The van der Waals surface area contributed by atoms with E-state index >= 15 is 0 Å². The zero-order valence-corrected chi connectivity index (χ0v) is 12.4. The molecule has 0 saturated heterocycles. The summed E-state index contributed by atoms with van der Waals surface area (Å²) in [6.45, 7) is 10.1. The van der Waals surface area contributed by atoms with Crippen molar-refractivity contribution < 1.29 is 19.5 Å². The van der Waals surface area contributed by atoms with Crippen molar-refractivity contribution >= 4 is 17.8 Å². The van der Waals surface area contributed by atoms with Crippen LogP contribution >= 0.6 is 0 Å². The number of amides is 2. The number of nitrogens with one attached hydrogen (secondary N) is 2. The Balaban J connectivity index is 4.97. The highest BCUT2D eigenvalue weighted by Crippen LogP contribution is 2.19. The largest absolute Gasteiger partial charge is 0.480 e. The molecule has 3 N–H and O–H groups in total. The lowest BCUT2D eigenvalue weighted by molar-refractivity contribution is -0.145. The first-order chi connectivity index (χ1) is 8.46. The minimum absolute atomic E-state index is 0.127. The van der Waals surface area contributed by atoms with E-state index in [2.05, 4.69) is 10.6 Å². The van der Waals surface area contributed by atoms with Crippen molar-refractivity contribution in [2.24, 2.45) is 11.3 Å². The number of carbonyl (C=O) groups excluding carboxylic acids is 2. The molecule has 0 aliphatic rings. The fourth-order valence-corrected chi connectivity index (χ4v) is 1.63. The molecule has 0 radical (unpaired) electrons. The quantitative estimate of drug-likeness (QED) is 0.688. The van der Waals surface area contributed by atoms with Crippen LogP contribution in [0.1, 0.15) is 41.5 Å². The van der Waals surface area contributed by atoms with Crippen LogP contribution in [-0.2, 0) is 14.4 Å². The van der Waals surface area contributed by atoms with Gasteiger partial charge in [0, 0.05) is 6.92 Å². The summed E-state index contributed by atoms with van der Waals surface area (Å²) < 4.78 is 0. The summed E-state index contributed by atoms with van der Waals surface area (Å²) in [5.41, 5.74) is -0.612. The molecule has 0 spiro atoms. The molecule has 0 heterocycles. The van der Waals surface area contributed by atoms with Gasteiger partial charge in [0.05, 0.1) is 0 Å². The summed E-state index contributed by atoms with van der Waals surface area (Å²) in [4.78, 5) is 34.4. The van der Waals surface area contributed by atoms with Gasteiger partial charge in [0.1, 0.15) is 12.1 Å². The summed E-state index contributed by atoms with van der Waals surface area (Å²) in [6, 6.07) is -1.74. The Morgan fingerprint density at radius 2 is 1.53 bits per heavy atom. The van der Waals surface area contributed by atoms with Crippen molar-refractivity contribution in [2.75, 3.05) is 0 Å². The van der Waals surface area contributed by atoms with E-state index in [4.69, 9.17) is 5.11 Å². The highest BCUT2D eigenvalue weighted by atomic mass is 16.4. The van der Waals surface area contributed by atoms with E-state index in [9.17, 15) is 14.4 Å². The van der Waals surface area contributed by atoms with E-state index in [1.165, 1.54) is 6.92 Å². The van der Waals surface area contributed by atoms with Gasteiger partial charge in [-0.05, 0) is 11.3 Å². The van der Waals surface area contributed by atoms with Gasteiger partial charge in [0.25, 0.3) is 0 Å². The highest BCUT2D eigenvalue weighted by molar-refractivity contribution is 5.90. The van der Waals surface area contributed by atoms with E-state index < -0.39 is 29.4 Å². The van der Waals surface area contributed by atoms with Gasteiger partial charge in [-0.2, -0.15) is 0 Å². The molecule has 0 rings (SSSR count). The molecule has 6 heteroatoms. The molecule has 110 valence electrons. The number of rotatable bonds is 5. The smallest absolute Gasteiger partial charge is 0.326 e. The van der Waals surface area contributed by atoms with E-state index in [-0.39, 0.29) is 11.8 Å². The zero-order chi connectivity index (χ0) is 15.4. The van der Waals surface area contributed by atoms with E-state index in [0.717, 1.165) is 0 Å². The Bertz CT molecular complexity index is 358. The lowest BCUT2D eigenvalue weighted by Gasteiger charge is -2.30. The summed E-state index contributed by atoms with van der Waals surface area (Å²) in [5.74, 6) is -2.02. The van der Waals surface area contributed by atoms with Crippen LogP contribution in [0.25, 0.3) is 0 Å². The van der Waals surface area contributed by atoms with Crippen LogP contribution in [0.3, 0.4) is 0 Å². The lowest BCUT2D eigenvalue weighted by Crippen LogP contribution is -2.56. The molecule has 0 aromatic carbocycles. The van der Waals surface area contributed by atoms with Gasteiger partial charge in [-0.25, -0.2) is 4.79 Å². The summed E-state index contributed by atoms with van der Waals surface area (Å²) in [7, 11) is 0. The zero-order valence-electron chi connectivity index (χ0n) is 12.4. The third kappa shape index (κ3) is 5.72. The Hall–Kier alpha value is -1.59. The van der Waals surface area contributed by atoms with E-state index in [1.807, 2.05) is 0 Å². The van der Waals surface area contributed by atoms with Crippen LogP contribution in [0.4, 0.5) is 0 Å². The Morgan fingerprint density at radius 3 is 1.79 bits per heavy atom. The maximum atomic E-state index is 12.1. The van der Waals surface area contributed by atoms with Gasteiger partial charge in [-0.1, -0.05) is 34.6 Å². The third-order valence-corrected chi connectivity index (χ3v) is 2.71. The minimum atomic E-state index is -1.09. The Labute approximate surface area is 113 Å². The monoisotopic (exact) mass is 272 g/mol. The first kappa shape index (κ1) is 17.4. The molecule has 0 saturated carbocycles. The number of carbonyl (C=O) groups is 3. The lowest BCUT2D eigenvalue weighted by atomic mass is 9.86. The van der Waals surface area contributed by atoms with Crippen LogP contribution in [-0.4, -0.2) is 35.0 Å².